The first-order chi connectivity index (χ1) is 5.70. The van der Waals surface area contributed by atoms with Gasteiger partial charge in [-0.2, -0.15) is 0 Å². The van der Waals surface area contributed by atoms with Crippen LogP contribution in [0.15, 0.2) is 18.2 Å². The number of carbonyl (C=O) groups is 2. The maximum atomic E-state index is 11.1. The molecule has 0 saturated heterocycles. The van der Waals surface area contributed by atoms with Gasteiger partial charge in [0.25, 0.3) is 11.7 Å². The van der Waals surface area contributed by atoms with Crippen LogP contribution >= 0.6 is 11.6 Å². The largest absolute Gasteiger partial charge is 0.317 e. The predicted molar refractivity (Wildman–Crippen MR) is 51.1 cm³/mol. The van der Waals surface area contributed by atoms with E-state index < -0.39 is 11.7 Å². The molecule has 1 aromatic rings. The molecule has 1 N–H and O–H groups in total. The molecule has 0 fully saturated rings. The van der Waals surface area contributed by atoms with Crippen molar-refractivity contribution in [2.45, 2.75) is 7.43 Å². The molecule has 0 bridgehead atoms. The van der Waals surface area contributed by atoms with Crippen molar-refractivity contribution in [1.29, 1.82) is 0 Å². The summed E-state index contributed by atoms with van der Waals surface area (Å²) in [5.74, 6) is -1.13. The second kappa shape index (κ2) is 3.18. The van der Waals surface area contributed by atoms with Gasteiger partial charge in [-0.1, -0.05) is 25.1 Å². The number of hydrogen-bond donors (Lipinski definition) is 1. The summed E-state index contributed by atoms with van der Waals surface area (Å²) in [7, 11) is 0. The molecule has 13 heavy (non-hydrogen) atoms. The summed E-state index contributed by atoms with van der Waals surface area (Å²) in [5, 5.41) is 2.79. The minimum atomic E-state index is -0.613. The van der Waals surface area contributed by atoms with Crippen LogP contribution in [0.1, 0.15) is 17.8 Å². The van der Waals surface area contributed by atoms with Gasteiger partial charge in [0, 0.05) is 0 Å². The molecular formula is C9H8ClNO2. The van der Waals surface area contributed by atoms with Crippen LogP contribution < -0.4 is 5.32 Å². The Kier molecular flexibility index (Phi) is 2.38. The van der Waals surface area contributed by atoms with E-state index in [0.717, 1.165) is 0 Å². The van der Waals surface area contributed by atoms with Crippen LogP contribution in [0, 0.1) is 0 Å². The third-order valence-corrected chi connectivity index (χ3v) is 2.02. The maximum Gasteiger partial charge on any atom is 0.296 e. The van der Waals surface area contributed by atoms with E-state index in [2.05, 4.69) is 5.32 Å². The summed E-state index contributed by atoms with van der Waals surface area (Å²) in [6.07, 6.45) is 0. The topological polar surface area (TPSA) is 46.2 Å². The van der Waals surface area contributed by atoms with Gasteiger partial charge in [0.1, 0.15) is 0 Å². The number of fused-ring (bicyclic) bond motifs is 1. The number of nitrogens with one attached hydrogen (secondary N) is 1. The summed E-state index contributed by atoms with van der Waals surface area (Å²) in [4.78, 5) is 21.9. The van der Waals surface area contributed by atoms with Crippen molar-refractivity contribution in [3.05, 3.63) is 28.8 Å². The van der Waals surface area contributed by atoms with Crippen molar-refractivity contribution >= 4 is 29.0 Å². The second-order valence-electron chi connectivity index (χ2n) is 2.45. The first kappa shape index (κ1) is 9.74. The van der Waals surface area contributed by atoms with E-state index in [1.807, 2.05) is 0 Å². The third kappa shape index (κ3) is 1.31. The Morgan fingerprint density at radius 1 is 1.23 bits per heavy atom. The molecule has 1 aromatic carbocycles. The van der Waals surface area contributed by atoms with Gasteiger partial charge >= 0.3 is 0 Å². The van der Waals surface area contributed by atoms with Crippen molar-refractivity contribution in [2.75, 3.05) is 5.32 Å². The lowest BCUT2D eigenvalue weighted by atomic mass is 10.1. The second-order valence-corrected chi connectivity index (χ2v) is 2.85. The summed E-state index contributed by atoms with van der Waals surface area (Å²) >= 11 is 5.73. The van der Waals surface area contributed by atoms with Gasteiger partial charge < -0.3 is 5.32 Å². The molecule has 1 aliphatic heterocycles. The number of para-hydroxylation sites is 1. The highest BCUT2D eigenvalue weighted by Crippen LogP contribution is 2.30. The van der Waals surface area contributed by atoms with Gasteiger partial charge in [0.15, 0.2) is 0 Å². The van der Waals surface area contributed by atoms with Crippen LogP contribution in [-0.2, 0) is 4.79 Å². The van der Waals surface area contributed by atoms with Gasteiger partial charge in [-0.3, -0.25) is 9.59 Å². The van der Waals surface area contributed by atoms with Gasteiger partial charge in [-0.15, -0.1) is 0 Å². The standard InChI is InChI=1S/C8H4ClNO2.CH4/c9-5-3-1-2-4-6(5)10-8(12)7(4)11;/h1-3H,(H,10,11,12);1H4. The Labute approximate surface area is 80.7 Å². The van der Waals surface area contributed by atoms with E-state index in [9.17, 15) is 9.59 Å². The number of carbonyl (C=O) groups excluding carboxylic acids is 2. The number of rotatable bonds is 0. The molecule has 0 aliphatic carbocycles. The zero-order chi connectivity index (χ0) is 8.72. The number of halogens is 1. The van der Waals surface area contributed by atoms with E-state index in [-0.39, 0.29) is 7.43 Å². The minimum Gasteiger partial charge on any atom is -0.317 e. The number of anilines is 1. The highest BCUT2D eigenvalue weighted by molar-refractivity contribution is 6.53. The molecule has 0 atom stereocenters. The molecule has 1 heterocycles. The van der Waals surface area contributed by atoms with E-state index in [1.54, 1.807) is 18.2 Å². The van der Waals surface area contributed by atoms with Crippen molar-refractivity contribution in [3.8, 4) is 0 Å². The van der Waals surface area contributed by atoms with Crippen LogP contribution in [0.25, 0.3) is 0 Å². The van der Waals surface area contributed by atoms with E-state index in [0.29, 0.717) is 16.3 Å². The van der Waals surface area contributed by atoms with Crippen LogP contribution in [-0.4, -0.2) is 11.7 Å². The molecule has 1 aliphatic rings. The minimum absolute atomic E-state index is 0. The number of amides is 1. The molecule has 0 unspecified atom stereocenters. The van der Waals surface area contributed by atoms with Gasteiger partial charge in [0.05, 0.1) is 16.3 Å². The Bertz CT molecular complexity index is 387. The Morgan fingerprint density at radius 3 is 2.54 bits per heavy atom. The monoisotopic (exact) mass is 197 g/mol. The van der Waals surface area contributed by atoms with Gasteiger partial charge in [-0.05, 0) is 12.1 Å². The molecule has 68 valence electrons. The highest BCUT2D eigenvalue weighted by atomic mass is 35.5. The molecular weight excluding hydrogens is 190 g/mol. The molecule has 0 spiro atoms. The van der Waals surface area contributed by atoms with Crippen molar-refractivity contribution in [1.82, 2.24) is 0 Å². The summed E-state index contributed by atoms with van der Waals surface area (Å²) in [5.41, 5.74) is 0.779. The molecule has 3 nitrogen and oxygen atoms in total. The van der Waals surface area contributed by atoms with Gasteiger partial charge in [0.2, 0.25) is 0 Å². The van der Waals surface area contributed by atoms with E-state index >= 15 is 0 Å². The number of ketones is 1. The smallest absolute Gasteiger partial charge is 0.296 e. The van der Waals surface area contributed by atoms with E-state index in [1.165, 1.54) is 0 Å². The third-order valence-electron chi connectivity index (χ3n) is 1.70. The number of benzene rings is 1. The summed E-state index contributed by atoms with van der Waals surface area (Å²) < 4.78 is 0. The quantitative estimate of drug-likeness (QED) is 0.648. The first-order valence-electron chi connectivity index (χ1n) is 3.34. The molecule has 1 amide bonds. The molecule has 0 aromatic heterocycles. The Morgan fingerprint density at radius 2 is 1.92 bits per heavy atom. The predicted octanol–water partition coefficient (Wildman–Crippen LogP) is 2.11. The highest BCUT2D eigenvalue weighted by Gasteiger charge is 2.28. The SMILES string of the molecule is C.O=C1Nc2c(Cl)cccc2C1=O. The lowest BCUT2D eigenvalue weighted by Crippen LogP contribution is -2.12. The molecule has 4 heteroatoms. The maximum absolute atomic E-state index is 11.1. The fourth-order valence-corrected chi connectivity index (χ4v) is 1.35. The average Bonchev–Trinajstić information content (AvgIpc) is 2.32. The Hall–Kier alpha value is -1.35. The van der Waals surface area contributed by atoms with Crippen molar-refractivity contribution in [2.24, 2.45) is 0 Å². The lowest BCUT2D eigenvalue weighted by Gasteiger charge is -1.97. The number of Topliss-reactive ketones (excluding diaryl/α,β-unsaturated/α-hetero) is 1. The van der Waals surface area contributed by atoms with Crippen LogP contribution in [0.2, 0.25) is 5.02 Å². The van der Waals surface area contributed by atoms with Crippen molar-refractivity contribution in [3.63, 3.8) is 0 Å². The van der Waals surface area contributed by atoms with Gasteiger partial charge in [-0.25, -0.2) is 0 Å². The zero-order valence-corrected chi connectivity index (χ0v) is 6.68. The zero-order valence-electron chi connectivity index (χ0n) is 5.93. The molecule has 0 saturated carbocycles. The lowest BCUT2D eigenvalue weighted by molar-refractivity contribution is -0.112. The van der Waals surface area contributed by atoms with Crippen molar-refractivity contribution < 1.29 is 9.59 Å². The van der Waals surface area contributed by atoms with E-state index in [4.69, 9.17) is 11.6 Å². The normalized spacial score (nSPS) is 13.3. The molecule has 0 radical (unpaired) electrons. The Balaban J connectivity index is 0.000000845. The average molecular weight is 198 g/mol. The fraction of sp³-hybridized carbons (Fsp3) is 0.111. The van der Waals surface area contributed by atoms with Crippen LogP contribution in [0.3, 0.4) is 0 Å². The fourth-order valence-electron chi connectivity index (χ4n) is 1.13. The summed E-state index contributed by atoms with van der Waals surface area (Å²) in [6, 6.07) is 4.83. The molecule has 2 rings (SSSR count). The van der Waals surface area contributed by atoms with Crippen LogP contribution in [0.5, 0.6) is 0 Å². The first-order valence-corrected chi connectivity index (χ1v) is 3.72. The number of hydrogen-bond acceptors (Lipinski definition) is 2. The summed E-state index contributed by atoms with van der Waals surface area (Å²) in [6.45, 7) is 0. The van der Waals surface area contributed by atoms with Crippen LogP contribution in [0.4, 0.5) is 5.69 Å².